The van der Waals surface area contributed by atoms with Gasteiger partial charge in [0, 0.05) is 9.50 Å². The van der Waals surface area contributed by atoms with Crippen molar-refractivity contribution in [2.24, 2.45) is 5.84 Å². The van der Waals surface area contributed by atoms with Crippen LogP contribution < -0.4 is 11.3 Å². The smallest absolute Gasteiger partial charge is 0.0724 e. The molecule has 19 heavy (non-hydrogen) atoms. The molecular weight excluding hydrogens is 324 g/mol. The summed E-state index contributed by atoms with van der Waals surface area (Å²) in [5.41, 5.74) is 6.20. The van der Waals surface area contributed by atoms with Crippen molar-refractivity contribution in [1.29, 1.82) is 0 Å². The summed E-state index contributed by atoms with van der Waals surface area (Å²) in [4.78, 5) is 0. The molecule has 2 nitrogen and oxygen atoms in total. The monoisotopic (exact) mass is 338 g/mol. The molecule has 0 aromatic heterocycles. The molecule has 0 amide bonds. The first kappa shape index (κ1) is 14.5. The lowest BCUT2D eigenvalue weighted by Crippen LogP contribution is -2.29. The minimum atomic E-state index is -0.115. The van der Waals surface area contributed by atoms with Gasteiger partial charge in [0.1, 0.15) is 0 Å². The van der Waals surface area contributed by atoms with Crippen LogP contribution in [0.15, 0.2) is 46.9 Å². The first-order valence-electron chi connectivity index (χ1n) is 6.15. The van der Waals surface area contributed by atoms with Crippen LogP contribution in [0.25, 0.3) is 0 Å². The predicted molar refractivity (Wildman–Crippen MR) is 84.1 cm³/mol. The van der Waals surface area contributed by atoms with E-state index in [0.29, 0.717) is 5.02 Å². The summed E-state index contributed by atoms with van der Waals surface area (Å²) in [6, 6.07) is 14.1. The number of halogens is 2. The summed E-state index contributed by atoms with van der Waals surface area (Å²) in [6.07, 6.45) is 1.03. The van der Waals surface area contributed by atoms with Crippen LogP contribution in [0.4, 0.5) is 0 Å². The maximum atomic E-state index is 6.26. The van der Waals surface area contributed by atoms with E-state index >= 15 is 0 Å². The molecule has 0 aliphatic heterocycles. The highest BCUT2D eigenvalue weighted by atomic mass is 79.9. The van der Waals surface area contributed by atoms with Gasteiger partial charge in [-0.15, -0.1) is 0 Å². The van der Waals surface area contributed by atoms with Crippen LogP contribution in [0.2, 0.25) is 5.02 Å². The molecule has 0 aliphatic carbocycles. The minimum absolute atomic E-state index is 0.115. The third kappa shape index (κ3) is 3.37. The van der Waals surface area contributed by atoms with E-state index in [1.165, 1.54) is 5.56 Å². The van der Waals surface area contributed by atoms with E-state index in [1.807, 2.05) is 18.2 Å². The summed E-state index contributed by atoms with van der Waals surface area (Å²) in [6.45, 7) is 2.14. The second-order valence-electron chi connectivity index (χ2n) is 4.36. The van der Waals surface area contributed by atoms with Crippen LogP contribution in [0, 0.1) is 0 Å². The molecule has 2 aromatic rings. The zero-order chi connectivity index (χ0) is 13.8. The van der Waals surface area contributed by atoms with Gasteiger partial charge in [0.2, 0.25) is 0 Å². The molecule has 0 heterocycles. The maximum absolute atomic E-state index is 6.26. The molecule has 1 atom stereocenters. The Balaban J connectivity index is 2.40. The van der Waals surface area contributed by atoms with E-state index in [2.05, 4.69) is 52.5 Å². The van der Waals surface area contributed by atoms with Gasteiger partial charge in [-0.1, -0.05) is 58.7 Å². The van der Waals surface area contributed by atoms with E-state index in [1.54, 1.807) is 0 Å². The second kappa shape index (κ2) is 6.53. The van der Waals surface area contributed by atoms with Crippen molar-refractivity contribution in [3.63, 3.8) is 0 Å². The van der Waals surface area contributed by atoms with Crippen molar-refractivity contribution >= 4 is 27.5 Å². The number of benzene rings is 2. The number of nitrogens with one attached hydrogen (secondary N) is 1. The Hall–Kier alpha value is -0.870. The number of rotatable bonds is 4. The number of nitrogens with two attached hydrogens (primary N) is 1. The molecule has 0 fully saturated rings. The normalized spacial score (nSPS) is 12.4. The lowest BCUT2D eigenvalue weighted by atomic mass is 9.98. The largest absolute Gasteiger partial charge is 0.271 e. The van der Waals surface area contributed by atoms with Gasteiger partial charge < -0.3 is 0 Å². The molecule has 0 saturated heterocycles. The molecule has 0 aliphatic rings. The molecule has 3 N–H and O–H groups in total. The first-order chi connectivity index (χ1) is 9.15. The first-order valence-corrected chi connectivity index (χ1v) is 7.32. The molecular formula is C15H16BrClN2. The third-order valence-corrected chi connectivity index (χ3v) is 3.99. The van der Waals surface area contributed by atoms with Crippen LogP contribution in [0.5, 0.6) is 0 Å². The summed E-state index contributed by atoms with van der Waals surface area (Å²) >= 11 is 9.72. The number of aryl methyl sites for hydroxylation is 1. The molecule has 2 aromatic carbocycles. The van der Waals surface area contributed by atoms with E-state index in [0.717, 1.165) is 22.0 Å². The van der Waals surface area contributed by atoms with Crippen molar-refractivity contribution in [2.45, 2.75) is 19.4 Å². The average Bonchev–Trinajstić information content (AvgIpc) is 2.44. The Kier molecular flexibility index (Phi) is 4.99. The van der Waals surface area contributed by atoms with Crippen molar-refractivity contribution in [3.05, 3.63) is 68.7 Å². The van der Waals surface area contributed by atoms with Crippen molar-refractivity contribution < 1.29 is 0 Å². The van der Waals surface area contributed by atoms with Crippen LogP contribution in [0.1, 0.15) is 29.7 Å². The highest BCUT2D eigenvalue weighted by Crippen LogP contribution is 2.30. The number of hydrogen-bond donors (Lipinski definition) is 2. The molecule has 0 saturated carbocycles. The Bertz CT molecular complexity index is 555. The van der Waals surface area contributed by atoms with Gasteiger partial charge >= 0.3 is 0 Å². The minimum Gasteiger partial charge on any atom is -0.271 e. The van der Waals surface area contributed by atoms with Gasteiger partial charge in [0.15, 0.2) is 0 Å². The predicted octanol–water partition coefficient (Wildman–Crippen LogP) is 4.22. The molecule has 100 valence electrons. The maximum Gasteiger partial charge on any atom is 0.0724 e. The Morgan fingerprint density at radius 1 is 1.21 bits per heavy atom. The van der Waals surface area contributed by atoms with E-state index in [9.17, 15) is 0 Å². The Labute approximate surface area is 127 Å². The topological polar surface area (TPSA) is 38.0 Å². The average molecular weight is 340 g/mol. The summed E-state index contributed by atoms with van der Waals surface area (Å²) < 4.78 is 0.984. The molecule has 2 rings (SSSR count). The Morgan fingerprint density at radius 3 is 2.47 bits per heavy atom. The lowest BCUT2D eigenvalue weighted by molar-refractivity contribution is 0.636. The summed E-state index contributed by atoms with van der Waals surface area (Å²) in [5.74, 6) is 5.70. The second-order valence-corrected chi connectivity index (χ2v) is 5.68. The van der Waals surface area contributed by atoms with Crippen LogP contribution >= 0.6 is 27.5 Å². The van der Waals surface area contributed by atoms with E-state index in [-0.39, 0.29) is 6.04 Å². The van der Waals surface area contributed by atoms with Gasteiger partial charge in [-0.2, -0.15) is 0 Å². The molecule has 0 radical (unpaired) electrons. The van der Waals surface area contributed by atoms with Gasteiger partial charge in [0.05, 0.1) is 6.04 Å². The zero-order valence-electron chi connectivity index (χ0n) is 10.7. The third-order valence-electron chi connectivity index (χ3n) is 3.16. The van der Waals surface area contributed by atoms with Gasteiger partial charge in [-0.25, -0.2) is 5.43 Å². The number of hydrogen-bond acceptors (Lipinski definition) is 2. The molecule has 1 unspecified atom stereocenters. The SMILES string of the molecule is CCc1ccc(C(NN)c2cc(Br)ccc2Cl)cc1. The van der Waals surface area contributed by atoms with Gasteiger partial charge in [-0.05, 0) is 41.3 Å². The lowest BCUT2D eigenvalue weighted by Gasteiger charge is -2.19. The molecule has 0 bridgehead atoms. The van der Waals surface area contributed by atoms with Crippen molar-refractivity contribution in [2.75, 3.05) is 0 Å². The Morgan fingerprint density at radius 2 is 1.89 bits per heavy atom. The fourth-order valence-corrected chi connectivity index (χ4v) is 2.65. The molecule has 0 spiro atoms. The fourth-order valence-electron chi connectivity index (χ4n) is 2.05. The van der Waals surface area contributed by atoms with Crippen molar-refractivity contribution in [1.82, 2.24) is 5.43 Å². The zero-order valence-corrected chi connectivity index (χ0v) is 13.0. The highest BCUT2D eigenvalue weighted by molar-refractivity contribution is 9.10. The van der Waals surface area contributed by atoms with Crippen molar-refractivity contribution in [3.8, 4) is 0 Å². The van der Waals surface area contributed by atoms with E-state index < -0.39 is 0 Å². The van der Waals surface area contributed by atoms with E-state index in [4.69, 9.17) is 17.4 Å². The van der Waals surface area contributed by atoms with Crippen LogP contribution in [-0.4, -0.2) is 0 Å². The highest BCUT2D eigenvalue weighted by Gasteiger charge is 2.15. The fraction of sp³-hybridized carbons (Fsp3) is 0.200. The van der Waals surface area contributed by atoms with Crippen LogP contribution in [0.3, 0.4) is 0 Å². The van der Waals surface area contributed by atoms with Gasteiger partial charge in [0.25, 0.3) is 0 Å². The summed E-state index contributed by atoms with van der Waals surface area (Å²) in [7, 11) is 0. The van der Waals surface area contributed by atoms with Crippen LogP contribution in [-0.2, 0) is 6.42 Å². The van der Waals surface area contributed by atoms with Gasteiger partial charge in [-0.3, -0.25) is 5.84 Å². The summed E-state index contributed by atoms with van der Waals surface area (Å²) in [5, 5.41) is 0.700. The number of hydrazine groups is 1. The molecule has 4 heteroatoms. The standard InChI is InChI=1S/C15H16BrClN2/c1-2-10-3-5-11(6-4-10)15(19-18)13-9-12(16)7-8-14(13)17/h3-9,15,19H,2,18H2,1H3. The quantitative estimate of drug-likeness (QED) is 0.646.